The van der Waals surface area contributed by atoms with Crippen molar-refractivity contribution in [2.45, 2.75) is 32.4 Å². The van der Waals surface area contributed by atoms with Crippen molar-refractivity contribution in [3.63, 3.8) is 0 Å². The van der Waals surface area contributed by atoms with E-state index in [1.54, 1.807) is 36.3 Å². The summed E-state index contributed by atoms with van der Waals surface area (Å²) in [6.45, 7) is 2.67. The third-order valence-electron chi connectivity index (χ3n) is 4.61. The van der Waals surface area contributed by atoms with Crippen LogP contribution in [0.15, 0.2) is 36.7 Å². The molecule has 7 heteroatoms. The van der Waals surface area contributed by atoms with E-state index in [0.29, 0.717) is 30.6 Å². The molecule has 2 atom stereocenters. The number of aromatic nitrogens is 2. The number of aryl methyl sites for hydroxylation is 1. The highest BCUT2D eigenvalue weighted by Gasteiger charge is 2.39. The fourth-order valence-electron chi connectivity index (χ4n) is 3.30. The van der Waals surface area contributed by atoms with Crippen LogP contribution in [0.1, 0.15) is 31.4 Å². The van der Waals surface area contributed by atoms with E-state index < -0.39 is 12.0 Å². The van der Waals surface area contributed by atoms with Crippen molar-refractivity contribution < 1.29 is 14.0 Å². The van der Waals surface area contributed by atoms with E-state index in [4.69, 9.17) is 0 Å². The summed E-state index contributed by atoms with van der Waals surface area (Å²) in [4.78, 5) is 26.5. The van der Waals surface area contributed by atoms with Crippen molar-refractivity contribution in [3.05, 3.63) is 48.0 Å². The second-order valence-electron chi connectivity index (χ2n) is 6.22. The molecule has 3 rings (SSSR count). The molecule has 0 radical (unpaired) electrons. The topological polar surface area (TPSA) is 67.2 Å². The summed E-state index contributed by atoms with van der Waals surface area (Å²) in [5.74, 6) is -1.07. The monoisotopic (exact) mass is 344 g/mol. The molecule has 1 aliphatic heterocycles. The molecule has 0 spiro atoms. The molecule has 25 heavy (non-hydrogen) atoms. The average Bonchev–Trinajstić information content (AvgIpc) is 3.04. The number of halogens is 1. The van der Waals surface area contributed by atoms with Gasteiger partial charge in [-0.2, -0.15) is 5.10 Å². The van der Waals surface area contributed by atoms with Gasteiger partial charge in [0.25, 0.3) is 0 Å². The van der Waals surface area contributed by atoms with E-state index in [2.05, 4.69) is 10.4 Å². The van der Waals surface area contributed by atoms with Crippen LogP contribution in [-0.2, 0) is 16.1 Å². The lowest BCUT2D eigenvalue weighted by Gasteiger charge is -2.38. The van der Waals surface area contributed by atoms with Crippen LogP contribution < -0.4 is 5.32 Å². The van der Waals surface area contributed by atoms with Crippen molar-refractivity contribution in [1.82, 2.24) is 14.7 Å². The largest absolute Gasteiger partial charge is 0.338 e. The molecule has 0 bridgehead atoms. The predicted molar refractivity (Wildman–Crippen MR) is 91.2 cm³/mol. The molecule has 0 saturated carbocycles. The maximum Gasteiger partial charge on any atom is 0.230 e. The van der Waals surface area contributed by atoms with E-state index in [-0.39, 0.29) is 17.6 Å². The van der Waals surface area contributed by atoms with E-state index in [0.717, 1.165) is 0 Å². The first-order valence-electron chi connectivity index (χ1n) is 8.34. The fraction of sp³-hybridized carbons (Fsp3) is 0.389. The van der Waals surface area contributed by atoms with Crippen LogP contribution in [0.25, 0.3) is 0 Å². The molecule has 2 aromatic rings. The standard InChI is InChI=1S/C18H21FN4O2/c1-3-23-11-14(10-20-23)21-18(25)15-7-8-16(24)22(2)17(15)12-5-4-6-13(19)9-12/h4-6,9-11,15,17H,3,7-8H2,1-2H3,(H,21,25)/t15-,17+/m1/s1. The van der Waals surface area contributed by atoms with E-state index in [1.807, 2.05) is 6.92 Å². The smallest absolute Gasteiger partial charge is 0.230 e. The predicted octanol–water partition coefficient (Wildman–Crippen LogP) is 2.59. The molecular formula is C18H21FN4O2. The number of rotatable bonds is 4. The van der Waals surface area contributed by atoms with E-state index in [1.165, 1.54) is 17.0 Å². The Hall–Kier alpha value is -2.70. The summed E-state index contributed by atoms with van der Waals surface area (Å²) in [5.41, 5.74) is 1.24. The Morgan fingerprint density at radius 3 is 2.92 bits per heavy atom. The lowest BCUT2D eigenvalue weighted by molar-refractivity contribution is -0.140. The highest BCUT2D eigenvalue weighted by molar-refractivity contribution is 5.94. The van der Waals surface area contributed by atoms with Gasteiger partial charge in [-0.15, -0.1) is 0 Å². The van der Waals surface area contributed by atoms with Gasteiger partial charge in [-0.25, -0.2) is 4.39 Å². The molecule has 2 amide bonds. The Kier molecular flexibility index (Phi) is 4.83. The first-order chi connectivity index (χ1) is 12.0. The Balaban J connectivity index is 1.86. The summed E-state index contributed by atoms with van der Waals surface area (Å²) in [6, 6.07) is 5.59. The summed E-state index contributed by atoms with van der Waals surface area (Å²) in [5, 5.41) is 7.00. The zero-order chi connectivity index (χ0) is 18.0. The molecule has 1 aliphatic rings. The van der Waals surface area contributed by atoms with Crippen LogP contribution in [-0.4, -0.2) is 33.5 Å². The third kappa shape index (κ3) is 3.55. The maximum atomic E-state index is 13.6. The second kappa shape index (κ2) is 7.04. The van der Waals surface area contributed by atoms with Crippen LogP contribution in [0.4, 0.5) is 10.1 Å². The number of nitrogens with one attached hydrogen (secondary N) is 1. The average molecular weight is 344 g/mol. The van der Waals surface area contributed by atoms with Gasteiger partial charge in [0, 0.05) is 26.2 Å². The quantitative estimate of drug-likeness (QED) is 0.927. The first-order valence-corrected chi connectivity index (χ1v) is 8.34. The molecule has 1 aromatic carbocycles. The highest BCUT2D eigenvalue weighted by atomic mass is 19.1. The number of likely N-dealkylation sites (tertiary alicyclic amines) is 1. The molecule has 0 unspecified atom stereocenters. The summed E-state index contributed by atoms with van der Waals surface area (Å²) in [7, 11) is 1.66. The van der Waals surface area contributed by atoms with E-state index >= 15 is 0 Å². The molecule has 1 aromatic heterocycles. The molecule has 1 fully saturated rings. The number of carbonyl (C=O) groups is 2. The van der Waals surface area contributed by atoms with Gasteiger partial charge in [0.2, 0.25) is 11.8 Å². The van der Waals surface area contributed by atoms with Crippen molar-refractivity contribution in [2.75, 3.05) is 12.4 Å². The van der Waals surface area contributed by atoms with Crippen LogP contribution in [0, 0.1) is 11.7 Å². The number of piperidine rings is 1. The van der Waals surface area contributed by atoms with Crippen LogP contribution in [0.5, 0.6) is 0 Å². The van der Waals surface area contributed by atoms with Gasteiger partial charge >= 0.3 is 0 Å². The number of hydrogen-bond acceptors (Lipinski definition) is 3. The minimum Gasteiger partial charge on any atom is -0.338 e. The van der Waals surface area contributed by atoms with Gasteiger partial charge in [0.15, 0.2) is 0 Å². The van der Waals surface area contributed by atoms with Gasteiger partial charge in [-0.1, -0.05) is 12.1 Å². The summed E-state index contributed by atoms with van der Waals surface area (Å²) in [6.07, 6.45) is 4.08. The molecule has 1 N–H and O–H groups in total. The summed E-state index contributed by atoms with van der Waals surface area (Å²) < 4.78 is 15.4. The normalized spacial score (nSPS) is 20.6. The minimum absolute atomic E-state index is 0.0443. The van der Waals surface area contributed by atoms with Gasteiger partial charge in [0.05, 0.1) is 23.8 Å². The SMILES string of the molecule is CCn1cc(NC(=O)[C@@H]2CCC(=O)N(C)[C@H]2c2cccc(F)c2)cn1. The lowest BCUT2D eigenvalue weighted by Crippen LogP contribution is -2.44. The summed E-state index contributed by atoms with van der Waals surface area (Å²) >= 11 is 0. The van der Waals surface area contributed by atoms with E-state index in [9.17, 15) is 14.0 Å². The van der Waals surface area contributed by atoms with Gasteiger partial charge in [-0.05, 0) is 31.0 Å². The number of carbonyl (C=O) groups excluding carboxylic acids is 2. The molecule has 1 saturated heterocycles. The molecule has 2 heterocycles. The van der Waals surface area contributed by atoms with Gasteiger partial charge < -0.3 is 10.2 Å². The first kappa shape index (κ1) is 17.1. The van der Waals surface area contributed by atoms with Gasteiger partial charge in [-0.3, -0.25) is 14.3 Å². The van der Waals surface area contributed by atoms with Crippen molar-refractivity contribution in [3.8, 4) is 0 Å². The number of hydrogen-bond donors (Lipinski definition) is 1. The zero-order valence-electron chi connectivity index (χ0n) is 14.3. The van der Waals surface area contributed by atoms with Crippen LogP contribution in [0.2, 0.25) is 0 Å². The minimum atomic E-state index is -0.488. The van der Waals surface area contributed by atoms with Crippen LogP contribution >= 0.6 is 0 Å². The number of amides is 2. The van der Waals surface area contributed by atoms with Gasteiger partial charge in [0.1, 0.15) is 5.82 Å². The number of nitrogens with zero attached hydrogens (tertiary/aromatic N) is 3. The third-order valence-corrected chi connectivity index (χ3v) is 4.61. The van der Waals surface area contributed by atoms with Crippen molar-refractivity contribution >= 4 is 17.5 Å². The molecule has 0 aliphatic carbocycles. The Labute approximate surface area is 145 Å². The van der Waals surface area contributed by atoms with Crippen molar-refractivity contribution in [1.29, 1.82) is 0 Å². The lowest BCUT2D eigenvalue weighted by atomic mass is 9.84. The van der Waals surface area contributed by atoms with Crippen LogP contribution in [0.3, 0.4) is 0 Å². The Morgan fingerprint density at radius 1 is 1.44 bits per heavy atom. The molecule has 6 nitrogen and oxygen atoms in total. The zero-order valence-corrected chi connectivity index (χ0v) is 14.3. The number of anilines is 1. The second-order valence-corrected chi connectivity index (χ2v) is 6.22. The maximum absolute atomic E-state index is 13.6. The molecule has 132 valence electrons. The Bertz CT molecular complexity index is 789. The Morgan fingerprint density at radius 2 is 2.24 bits per heavy atom. The number of benzene rings is 1. The molecular weight excluding hydrogens is 323 g/mol. The highest BCUT2D eigenvalue weighted by Crippen LogP contribution is 2.36. The fourth-order valence-corrected chi connectivity index (χ4v) is 3.30. The van der Waals surface area contributed by atoms with Crippen molar-refractivity contribution in [2.24, 2.45) is 5.92 Å².